The maximum absolute atomic E-state index is 10.3. The minimum atomic E-state index is -0.488. The zero-order valence-electron chi connectivity index (χ0n) is 5.58. The van der Waals surface area contributed by atoms with Gasteiger partial charge in [0.05, 0.1) is 4.47 Å². The molecule has 4 heteroatoms. The molecule has 3 nitrogen and oxygen atoms in total. The van der Waals surface area contributed by atoms with Crippen LogP contribution in [0.4, 0.5) is 0 Å². The minimum absolute atomic E-state index is 0.488. The molecule has 58 valence electrons. The molecule has 1 rings (SSSR count). The summed E-state index contributed by atoms with van der Waals surface area (Å²) in [6.45, 7) is 0. The van der Waals surface area contributed by atoms with Crippen LogP contribution in [0.2, 0.25) is 0 Å². The zero-order valence-corrected chi connectivity index (χ0v) is 7.17. The summed E-state index contributed by atoms with van der Waals surface area (Å²) in [5.74, 6) is 0.105. The van der Waals surface area contributed by atoms with Gasteiger partial charge in [0.25, 0.3) is 0 Å². The Bertz CT molecular complexity index is 290. The highest BCUT2D eigenvalue weighted by molar-refractivity contribution is 9.10. The lowest BCUT2D eigenvalue weighted by Crippen LogP contribution is -2.04. The van der Waals surface area contributed by atoms with Crippen LogP contribution in [-0.2, 0) is 4.79 Å². The molecule has 11 heavy (non-hydrogen) atoms. The van der Waals surface area contributed by atoms with Gasteiger partial charge < -0.3 is 10.2 Å². The van der Waals surface area contributed by atoms with Crippen molar-refractivity contribution in [2.45, 2.75) is 0 Å². The molecule has 0 saturated carbocycles. The largest absolute Gasteiger partial charge is 0.464 e. The number of amides is 1. The fraction of sp³-hybridized carbons (Fsp3) is 0. The van der Waals surface area contributed by atoms with Gasteiger partial charge in [-0.1, -0.05) is 0 Å². The number of hydrogen-bond donors (Lipinski definition) is 1. The van der Waals surface area contributed by atoms with E-state index in [4.69, 9.17) is 10.2 Å². The van der Waals surface area contributed by atoms with E-state index in [-0.39, 0.29) is 0 Å². The molecule has 1 aromatic rings. The first kappa shape index (κ1) is 8.07. The number of halogens is 1. The third-order valence-electron chi connectivity index (χ3n) is 1.000. The molecule has 1 amide bonds. The first-order chi connectivity index (χ1) is 5.18. The third-order valence-corrected chi connectivity index (χ3v) is 1.42. The Hall–Kier alpha value is -1.03. The molecular weight excluding hydrogens is 210 g/mol. The standard InChI is InChI=1S/C7H6BrNO2/c8-5-3-6(11-4-5)1-2-7(9)10/h1-4H,(H2,9,10)/b2-1+. The molecule has 0 aliphatic carbocycles. The highest BCUT2D eigenvalue weighted by Gasteiger charge is 1.93. The molecule has 0 unspecified atom stereocenters. The molecule has 0 saturated heterocycles. The van der Waals surface area contributed by atoms with Crippen molar-refractivity contribution in [3.05, 3.63) is 28.6 Å². The average Bonchev–Trinajstić information content (AvgIpc) is 2.31. The van der Waals surface area contributed by atoms with Gasteiger partial charge in [-0.25, -0.2) is 0 Å². The van der Waals surface area contributed by atoms with E-state index in [0.717, 1.165) is 4.47 Å². The summed E-state index contributed by atoms with van der Waals surface area (Å²) in [6, 6.07) is 1.74. The molecule has 0 spiro atoms. The van der Waals surface area contributed by atoms with Crippen LogP contribution in [0.5, 0.6) is 0 Å². The smallest absolute Gasteiger partial charge is 0.241 e. The van der Waals surface area contributed by atoms with Crippen molar-refractivity contribution < 1.29 is 9.21 Å². The van der Waals surface area contributed by atoms with Gasteiger partial charge in [-0.3, -0.25) is 4.79 Å². The Balaban J connectivity index is 2.71. The van der Waals surface area contributed by atoms with E-state index in [1.807, 2.05) is 0 Å². The van der Waals surface area contributed by atoms with Crippen molar-refractivity contribution >= 4 is 27.9 Å². The maximum atomic E-state index is 10.3. The van der Waals surface area contributed by atoms with Crippen molar-refractivity contribution in [2.24, 2.45) is 5.73 Å². The van der Waals surface area contributed by atoms with Crippen molar-refractivity contribution in [1.29, 1.82) is 0 Å². The van der Waals surface area contributed by atoms with Crippen LogP contribution in [-0.4, -0.2) is 5.91 Å². The molecule has 2 N–H and O–H groups in total. The number of nitrogens with two attached hydrogens (primary N) is 1. The van der Waals surface area contributed by atoms with Crippen LogP contribution in [0.25, 0.3) is 6.08 Å². The quantitative estimate of drug-likeness (QED) is 0.762. The highest BCUT2D eigenvalue weighted by Crippen LogP contribution is 2.14. The first-order valence-corrected chi connectivity index (χ1v) is 3.69. The normalized spacial score (nSPS) is 10.6. The van der Waals surface area contributed by atoms with E-state index in [2.05, 4.69) is 15.9 Å². The summed E-state index contributed by atoms with van der Waals surface area (Å²) in [7, 11) is 0. The van der Waals surface area contributed by atoms with Gasteiger partial charge in [-0.2, -0.15) is 0 Å². The number of hydrogen-bond acceptors (Lipinski definition) is 2. The van der Waals surface area contributed by atoms with Gasteiger partial charge in [0.15, 0.2) is 0 Å². The van der Waals surface area contributed by atoms with Crippen LogP contribution in [0.1, 0.15) is 5.76 Å². The maximum Gasteiger partial charge on any atom is 0.241 e. The predicted octanol–water partition coefficient (Wildman–Crippen LogP) is 1.54. The van der Waals surface area contributed by atoms with Crippen molar-refractivity contribution in [3.8, 4) is 0 Å². The van der Waals surface area contributed by atoms with Crippen LogP contribution < -0.4 is 5.73 Å². The number of furan rings is 1. The van der Waals surface area contributed by atoms with E-state index < -0.39 is 5.91 Å². The van der Waals surface area contributed by atoms with Crippen molar-refractivity contribution in [1.82, 2.24) is 0 Å². The Morgan fingerprint density at radius 3 is 2.91 bits per heavy atom. The summed E-state index contributed by atoms with van der Waals surface area (Å²) >= 11 is 3.20. The van der Waals surface area contributed by atoms with Crippen LogP contribution >= 0.6 is 15.9 Å². The Kier molecular flexibility index (Phi) is 2.48. The highest BCUT2D eigenvalue weighted by atomic mass is 79.9. The van der Waals surface area contributed by atoms with Gasteiger partial charge in [0.1, 0.15) is 12.0 Å². The molecule has 0 fully saturated rings. The second-order valence-corrected chi connectivity index (χ2v) is 2.82. The van der Waals surface area contributed by atoms with Gasteiger partial charge in [0, 0.05) is 6.08 Å². The van der Waals surface area contributed by atoms with Gasteiger partial charge >= 0.3 is 0 Å². The van der Waals surface area contributed by atoms with Crippen LogP contribution in [0.15, 0.2) is 27.3 Å². The van der Waals surface area contributed by atoms with Gasteiger partial charge in [-0.05, 0) is 28.1 Å². The Morgan fingerprint density at radius 1 is 1.73 bits per heavy atom. The monoisotopic (exact) mass is 215 g/mol. The summed E-state index contributed by atoms with van der Waals surface area (Å²) in [6.07, 6.45) is 4.28. The summed E-state index contributed by atoms with van der Waals surface area (Å²) in [5, 5.41) is 0. The molecule has 0 aromatic carbocycles. The number of carbonyl (C=O) groups is 1. The van der Waals surface area contributed by atoms with Gasteiger partial charge in [0.2, 0.25) is 5.91 Å². The third kappa shape index (κ3) is 2.59. The molecular formula is C7H6BrNO2. The Morgan fingerprint density at radius 2 is 2.45 bits per heavy atom. The van der Waals surface area contributed by atoms with E-state index in [9.17, 15) is 4.79 Å². The molecule has 0 aliphatic rings. The predicted molar refractivity (Wildman–Crippen MR) is 44.6 cm³/mol. The summed E-state index contributed by atoms with van der Waals surface area (Å²) in [5.41, 5.74) is 4.87. The second kappa shape index (κ2) is 3.39. The summed E-state index contributed by atoms with van der Waals surface area (Å²) < 4.78 is 5.81. The lowest BCUT2D eigenvalue weighted by atomic mass is 10.4. The molecule has 1 heterocycles. The van der Waals surface area contributed by atoms with Crippen molar-refractivity contribution in [2.75, 3.05) is 0 Å². The number of primary amides is 1. The van der Waals surface area contributed by atoms with Gasteiger partial charge in [-0.15, -0.1) is 0 Å². The minimum Gasteiger partial charge on any atom is -0.464 e. The fourth-order valence-corrected chi connectivity index (χ4v) is 0.899. The second-order valence-electron chi connectivity index (χ2n) is 1.90. The first-order valence-electron chi connectivity index (χ1n) is 2.90. The van der Waals surface area contributed by atoms with E-state index in [1.165, 1.54) is 18.4 Å². The lowest BCUT2D eigenvalue weighted by molar-refractivity contribution is -0.113. The average molecular weight is 216 g/mol. The molecule has 1 aromatic heterocycles. The molecule has 0 aliphatic heterocycles. The number of rotatable bonds is 2. The van der Waals surface area contributed by atoms with Crippen LogP contribution in [0, 0.1) is 0 Å². The topological polar surface area (TPSA) is 56.2 Å². The van der Waals surface area contributed by atoms with Crippen molar-refractivity contribution in [3.63, 3.8) is 0 Å². The van der Waals surface area contributed by atoms with E-state index in [1.54, 1.807) is 6.07 Å². The lowest BCUT2D eigenvalue weighted by Gasteiger charge is -1.79. The summed E-state index contributed by atoms with van der Waals surface area (Å²) in [4.78, 5) is 10.3. The molecule has 0 radical (unpaired) electrons. The Labute approximate surface area is 72.0 Å². The molecule has 0 bridgehead atoms. The SMILES string of the molecule is NC(=O)/C=C/c1cc(Br)co1. The fourth-order valence-electron chi connectivity index (χ4n) is 0.580. The van der Waals surface area contributed by atoms with E-state index in [0.29, 0.717) is 5.76 Å². The number of carbonyl (C=O) groups excluding carboxylic acids is 1. The van der Waals surface area contributed by atoms with Crippen LogP contribution in [0.3, 0.4) is 0 Å². The molecule has 0 atom stereocenters. The van der Waals surface area contributed by atoms with E-state index >= 15 is 0 Å². The zero-order chi connectivity index (χ0) is 8.27.